The highest BCUT2D eigenvalue weighted by atomic mass is 32.1. The summed E-state index contributed by atoms with van der Waals surface area (Å²) in [5.41, 5.74) is 3.15. The molecule has 0 atom stereocenters. The lowest BCUT2D eigenvalue weighted by Gasteiger charge is -2.39. The van der Waals surface area contributed by atoms with E-state index in [1.807, 2.05) is 12.1 Å². The third-order valence-corrected chi connectivity index (χ3v) is 5.62. The van der Waals surface area contributed by atoms with Crippen molar-refractivity contribution in [3.63, 3.8) is 0 Å². The number of benzene rings is 1. The molecule has 132 valence electrons. The van der Waals surface area contributed by atoms with Gasteiger partial charge in [-0.25, -0.2) is 4.68 Å². The van der Waals surface area contributed by atoms with E-state index in [9.17, 15) is 9.59 Å². The third-order valence-electron chi connectivity index (χ3n) is 5.06. The number of aromatic nitrogens is 4. The number of hydrogen-bond donors (Lipinski definition) is 0. The van der Waals surface area contributed by atoms with Crippen LogP contribution in [0.25, 0.3) is 11.0 Å². The number of rotatable bonds is 4. The Balaban J connectivity index is 1.25. The molecular formula is C18H17N5O2S. The normalized spacial score (nSPS) is 17.5. The Morgan fingerprint density at radius 3 is 2.73 bits per heavy atom. The van der Waals surface area contributed by atoms with Crippen molar-refractivity contribution in [3.8, 4) is 0 Å². The smallest absolute Gasteiger partial charge is 0.266 e. The Kier molecular flexibility index (Phi) is 3.59. The van der Waals surface area contributed by atoms with Gasteiger partial charge in [0.2, 0.25) is 0 Å². The molecule has 0 bridgehead atoms. The summed E-state index contributed by atoms with van der Waals surface area (Å²) in [7, 11) is 0. The molecule has 0 radical (unpaired) electrons. The summed E-state index contributed by atoms with van der Waals surface area (Å²) >= 11 is 1.15. The fourth-order valence-corrected chi connectivity index (χ4v) is 3.90. The van der Waals surface area contributed by atoms with E-state index in [1.165, 1.54) is 0 Å². The van der Waals surface area contributed by atoms with Gasteiger partial charge in [-0.3, -0.25) is 9.59 Å². The van der Waals surface area contributed by atoms with E-state index in [1.54, 1.807) is 27.8 Å². The largest absolute Gasteiger partial charge is 0.338 e. The lowest BCUT2D eigenvalue weighted by atomic mass is 9.98. The molecule has 1 aliphatic heterocycles. The monoisotopic (exact) mass is 367 g/mol. The Labute approximate surface area is 153 Å². The highest BCUT2D eigenvalue weighted by molar-refractivity contribution is 7.00. The summed E-state index contributed by atoms with van der Waals surface area (Å²) < 4.78 is 9.90. The molecule has 3 heterocycles. The van der Waals surface area contributed by atoms with Gasteiger partial charge in [0.1, 0.15) is 11.0 Å². The number of fused-ring (bicyclic) bond motifs is 1. The van der Waals surface area contributed by atoms with Crippen molar-refractivity contribution < 1.29 is 4.79 Å². The first-order chi connectivity index (χ1) is 12.7. The molecule has 7 nitrogen and oxygen atoms in total. The van der Waals surface area contributed by atoms with Crippen molar-refractivity contribution in [3.05, 3.63) is 51.9 Å². The average Bonchev–Trinajstić information content (AvgIpc) is 3.35. The maximum Gasteiger partial charge on any atom is 0.266 e. The van der Waals surface area contributed by atoms with E-state index >= 15 is 0 Å². The van der Waals surface area contributed by atoms with Crippen LogP contribution in [0.15, 0.2) is 35.1 Å². The van der Waals surface area contributed by atoms with Crippen LogP contribution in [0.1, 0.15) is 34.8 Å². The maximum atomic E-state index is 12.6. The zero-order valence-corrected chi connectivity index (χ0v) is 14.9. The SMILES string of the molecule is O=C(c1ccc2nsnc2c1)N1CC(Cn2nc(C3CC3)ccc2=O)C1. The molecule has 2 aromatic heterocycles. The van der Waals surface area contributed by atoms with Crippen LogP contribution in [0.5, 0.6) is 0 Å². The highest BCUT2D eigenvalue weighted by Gasteiger charge is 2.32. The van der Waals surface area contributed by atoms with E-state index in [0.717, 1.165) is 41.3 Å². The van der Waals surface area contributed by atoms with Crippen LogP contribution in [-0.4, -0.2) is 42.4 Å². The van der Waals surface area contributed by atoms with Crippen molar-refractivity contribution in [2.45, 2.75) is 25.3 Å². The average molecular weight is 367 g/mol. The number of hydrogen-bond acceptors (Lipinski definition) is 6. The molecule has 3 aromatic rings. The van der Waals surface area contributed by atoms with Crippen LogP contribution in [0, 0.1) is 5.92 Å². The topological polar surface area (TPSA) is 81.0 Å². The van der Waals surface area contributed by atoms with Crippen molar-refractivity contribution in [2.75, 3.05) is 13.1 Å². The molecule has 1 amide bonds. The second-order valence-corrected chi connectivity index (χ2v) is 7.63. The third kappa shape index (κ3) is 2.80. The molecule has 0 spiro atoms. The van der Waals surface area contributed by atoms with Crippen LogP contribution in [0.2, 0.25) is 0 Å². The maximum absolute atomic E-state index is 12.6. The Hall–Kier alpha value is -2.61. The lowest BCUT2D eigenvalue weighted by molar-refractivity contribution is 0.0458. The number of nitrogens with zero attached hydrogens (tertiary/aromatic N) is 5. The minimum Gasteiger partial charge on any atom is -0.338 e. The van der Waals surface area contributed by atoms with Crippen molar-refractivity contribution in [1.82, 2.24) is 23.4 Å². The van der Waals surface area contributed by atoms with Gasteiger partial charge in [-0.15, -0.1) is 0 Å². The first-order valence-corrected chi connectivity index (χ1v) is 9.50. The first-order valence-electron chi connectivity index (χ1n) is 8.77. The van der Waals surface area contributed by atoms with E-state index in [4.69, 9.17) is 0 Å². The summed E-state index contributed by atoms with van der Waals surface area (Å²) in [6.07, 6.45) is 2.32. The summed E-state index contributed by atoms with van der Waals surface area (Å²) in [6, 6.07) is 8.87. The number of likely N-dealkylation sites (tertiary alicyclic amines) is 1. The van der Waals surface area contributed by atoms with Gasteiger partial charge >= 0.3 is 0 Å². The van der Waals surface area contributed by atoms with Crippen molar-refractivity contribution >= 4 is 28.7 Å². The zero-order valence-electron chi connectivity index (χ0n) is 14.0. The van der Waals surface area contributed by atoms with Crippen LogP contribution in [0.3, 0.4) is 0 Å². The minimum absolute atomic E-state index is 0.00295. The standard InChI is InChI=1S/C18H17N5O2S/c24-17-6-5-14(12-1-2-12)19-23(17)10-11-8-22(9-11)18(25)13-3-4-15-16(7-13)21-26-20-15/h3-7,11-12H,1-2,8-10H2. The molecule has 1 saturated heterocycles. The highest BCUT2D eigenvalue weighted by Crippen LogP contribution is 2.38. The van der Waals surface area contributed by atoms with E-state index < -0.39 is 0 Å². The molecule has 1 aromatic carbocycles. The first kappa shape index (κ1) is 15.6. The predicted octanol–water partition coefficient (Wildman–Crippen LogP) is 1.90. The van der Waals surface area contributed by atoms with Crippen LogP contribution in [0.4, 0.5) is 0 Å². The summed E-state index contributed by atoms with van der Waals surface area (Å²) in [5, 5.41) is 4.50. The van der Waals surface area contributed by atoms with Crippen LogP contribution < -0.4 is 5.56 Å². The van der Waals surface area contributed by atoms with E-state index in [0.29, 0.717) is 31.1 Å². The number of carbonyl (C=O) groups is 1. The van der Waals surface area contributed by atoms with Gasteiger partial charge in [0.25, 0.3) is 11.5 Å². The molecule has 8 heteroatoms. The fraction of sp³-hybridized carbons (Fsp3) is 0.389. The summed E-state index contributed by atoms with van der Waals surface area (Å²) in [5.74, 6) is 0.794. The fourth-order valence-electron chi connectivity index (χ4n) is 3.39. The van der Waals surface area contributed by atoms with Gasteiger partial charge in [0.15, 0.2) is 0 Å². The van der Waals surface area contributed by atoms with Gasteiger partial charge in [-0.2, -0.15) is 13.8 Å². The van der Waals surface area contributed by atoms with E-state index in [2.05, 4.69) is 13.8 Å². The van der Waals surface area contributed by atoms with Gasteiger partial charge in [0, 0.05) is 36.6 Å². The molecule has 0 unspecified atom stereocenters. The molecule has 2 aliphatic rings. The minimum atomic E-state index is -0.0688. The van der Waals surface area contributed by atoms with Gasteiger partial charge in [-0.05, 0) is 37.1 Å². The van der Waals surface area contributed by atoms with Crippen molar-refractivity contribution in [2.24, 2.45) is 5.92 Å². The molecule has 26 heavy (non-hydrogen) atoms. The van der Waals surface area contributed by atoms with E-state index in [-0.39, 0.29) is 17.4 Å². The second-order valence-electron chi connectivity index (χ2n) is 7.10. The predicted molar refractivity (Wildman–Crippen MR) is 97.3 cm³/mol. The molecule has 5 rings (SSSR count). The Morgan fingerprint density at radius 1 is 1.12 bits per heavy atom. The van der Waals surface area contributed by atoms with Crippen molar-refractivity contribution in [1.29, 1.82) is 0 Å². The van der Waals surface area contributed by atoms with Crippen LogP contribution in [-0.2, 0) is 6.54 Å². The van der Waals surface area contributed by atoms with Gasteiger partial charge < -0.3 is 4.90 Å². The lowest BCUT2D eigenvalue weighted by Crippen LogP contribution is -2.52. The summed E-state index contributed by atoms with van der Waals surface area (Å²) in [4.78, 5) is 26.4. The van der Waals surface area contributed by atoms with Crippen LogP contribution >= 0.6 is 11.7 Å². The zero-order chi connectivity index (χ0) is 17.7. The van der Waals surface area contributed by atoms with Gasteiger partial charge in [0.05, 0.1) is 24.0 Å². The second kappa shape index (κ2) is 5.98. The van der Waals surface area contributed by atoms with Gasteiger partial charge in [-0.1, -0.05) is 0 Å². The number of carbonyl (C=O) groups excluding carboxylic acids is 1. The molecule has 1 saturated carbocycles. The molecular weight excluding hydrogens is 350 g/mol. The molecule has 1 aliphatic carbocycles. The number of amides is 1. The molecule has 2 fully saturated rings. The molecule has 0 N–H and O–H groups in total. The quantitative estimate of drug-likeness (QED) is 0.703. The Bertz CT molecular complexity index is 1050. The summed E-state index contributed by atoms with van der Waals surface area (Å²) in [6.45, 7) is 1.86. The Morgan fingerprint density at radius 2 is 1.92 bits per heavy atom.